The lowest BCUT2D eigenvalue weighted by Gasteiger charge is -2.09. The Kier molecular flexibility index (Phi) is 1.63. The summed E-state index contributed by atoms with van der Waals surface area (Å²) >= 11 is 0. The number of hydrogen-bond donors (Lipinski definition) is 2. The van der Waals surface area contributed by atoms with Crippen LogP contribution in [0.5, 0.6) is 0 Å². The monoisotopic (exact) mass is 198 g/mol. The minimum absolute atomic E-state index is 0.178. The van der Waals surface area contributed by atoms with Crippen molar-refractivity contribution in [1.82, 2.24) is 0 Å². The molecule has 0 spiro atoms. The summed E-state index contributed by atoms with van der Waals surface area (Å²) in [6, 6.07) is 0. The summed E-state index contributed by atoms with van der Waals surface area (Å²) in [5.41, 5.74) is 0. The predicted molar refractivity (Wildman–Crippen MR) is 48.1 cm³/mol. The molecule has 4 nitrogen and oxygen atoms in total. The van der Waals surface area contributed by atoms with E-state index in [0.717, 1.165) is 0 Å². The fourth-order valence-electron chi connectivity index (χ4n) is 1.17. The van der Waals surface area contributed by atoms with E-state index >= 15 is 0 Å². The molecular weight excluding hydrogens is 192 g/mol. The molecule has 1 unspecified atom stereocenters. The van der Waals surface area contributed by atoms with Crippen LogP contribution in [0, 0.1) is 0 Å². The summed E-state index contributed by atoms with van der Waals surface area (Å²) in [5, 5.41) is 18.9. The van der Waals surface area contributed by atoms with Crippen molar-refractivity contribution >= 4 is 26.2 Å². The van der Waals surface area contributed by atoms with Gasteiger partial charge in [0, 0.05) is 0 Å². The van der Waals surface area contributed by atoms with E-state index in [0.29, 0.717) is 0 Å². The Balaban J connectivity index is 2.62. The number of carbonyl (C=O) groups excluding carboxylic acids is 2. The van der Waals surface area contributed by atoms with Gasteiger partial charge in [-0.3, -0.25) is 9.59 Å². The molecule has 0 aromatic heterocycles. The first-order chi connectivity index (χ1) is 6.05. The van der Waals surface area contributed by atoms with Crippen molar-refractivity contribution in [2.24, 2.45) is 0 Å². The van der Waals surface area contributed by atoms with E-state index in [4.69, 9.17) is 10.2 Å². The Morgan fingerprint density at radius 1 is 1.23 bits per heavy atom. The van der Waals surface area contributed by atoms with Crippen molar-refractivity contribution in [1.29, 1.82) is 0 Å². The van der Waals surface area contributed by atoms with E-state index < -0.39 is 27.2 Å². The van der Waals surface area contributed by atoms with Crippen LogP contribution in [-0.4, -0.2) is 31.8 Å². The lowest BCUT2D eigenvalue weighted by atomic mass is 10.1. The van der Waals surface area contributed by atoms with Gasteiger partial charge in [-0.1, -0.05) is 22.6 Å². The van der Waals surface area contributed by atoms with Gasteiger partial charge < -0.3 is 10.2 Å². The molecule has 1 atom stereocenters. The second-order valence-corrected chi connectivity index (χ2v) is 4.44. The van der Waals surface area contributed by atoms with E-state index in [9.17, 15) is 9.59 Å². The number of aliphatic hydroxyl groups is 2. The first-order valence-electron chi connectivity index (χ1n) is 3.54. The molecule has 0 saturated carbocycles. The summed E-state index contributed by atoms with van der Waals surface area (Å²) in [5.74, 6) is -3.71. The van der Waals surface area contributed by atoms with Crippen molar-refractivity contribution in [3.63, 3.8) is 0 Å². The number of ketones is 1. The molecule has 2 heterocycles. The van der Waals surface area contributed by atoms with E-state index in [1.165, 1.54) is 11.5 Å². The first kappa shape index (κ1) is 8.55. The van der Waals surface area contributed by atoms with E-state index in [2.05, 4.69) is 0 Å². The Bertz CT molecular complexity index is 364. The van der Waals surface area contributed by atoms with Crippen LogP contribution in [0.3, 0.4) is 0 Å². The van der Waals surface area contributed by atoms with Gasteiger partial charge in [-0.15, -0.1) is 0 Å². The van der Waals surface area contributed by atoms with E-state index in [-0.39, 0.29) is 4.86 Å². The molecule has 0 bridgehead atoms. The van der Waals surface area contributed by atoms with E-state index in [1.807, 2.05) is 0 Å². The standard InChI is InChI=1S/C8H6O4S/c9-6-5-3-1-2-4-13(5)7(10)8(6,11)12/h1-4,11-12H. The number of carbonyl (C=O) groups is 2. The lowest BCUT2D eigenvalue weighted by Crippen LogP contribution is -2.43. The molecule has 13 heavy (non-hydrogen) atoms. The molecule has 0 saturated heterocycles. The van der Waals surface area contributed by atoms with Gasteiger partial charge in [0.15, 0.2) is 0 Å². The molecule has 0 radical (unpaired) electrons. The van der Waals surface area contributed by atoms with Crippen LogP contribution in [0.2, 0.25) is 0 Å². The quantitative estimate of drug-likeness (QED) is 0.306. The third-order valence-electron chi connectivity index (χ3n) is 1.84. The second kappa shape index (κ2) is 2.47. The summed E-state index contributed by atoms with van der Waals surface area (Å²) in [6.07, 6.45) is 4.64. The number of Topliss-reactive ketones (excluding diaryl/α,β-unsaturated/α-hetero) is 1. The average molecular weight is 198 g/mol. The highest BCUT2D eigenvalue weighted by Gasteiger charge is 2.51. The lowest BCUT2D eigenvalue weighted by molar-refractivity contribution is -0.176. The topological polar surface area (TPSA) is 74.6 Å². The van der Waals surface area contributed by atoms with Crippen LogP contribution < -0.4 is 0 Å². The highest BCUT2D eigenvalue weighted by molar-refractivity contribution is 8.32. The smallest absolute Gasteiger partial charge is 0.301 e. The Labute approximate surface area is 76.1 Å². The third kappa shape index (κ3) is 0.980. The molecule has 2 aliphatic rings. The average Bonchev–Trinajstić information content (AvgIpc) is 2.30. The van der Waals surface area contributed by atoms with Crippen LogP contribution in [0.1, 0.15) is 0 Å². The van der Waals surface area contributed by atoms with Crippen LogP contribution in [0.15, 0.2) is 23.6 Å². The third-order valence-corrected chi connectivity index (χ3v) is 3.74. The van der Waals surface area contributed by atoms with Crippen molar-refractivity contribution in [3.8, 4) is 0 Å². The number of allylic oxidation sites excluding steroid dienone is 3. The minimum atomic E-state index is -2.81. The molecular formula is C8H6O4S. The number of rotatable bonds is 0. The molecule has 0 aromatic rings. The van der Waals surface area contributed by atoms with E-state index in [1.54, 1.807) is 12.2 Å². The largest absolute Gasteiger partial charge is 0.353 e. The van der Waals surface area contributed by atoms with Gasteiger partial charge in [-0.25, -0.2) is 0 Å². The van der Waals surface area contributed by atoms with Gasteiger partial charge in [-0.05, 0) is 11.5 Å². The maximum absolute atomic E-state index is 11.3. The van der Waals surface area contributed by atoms with Gasteiger partial charge in [0.05, 0.1) is 4.86 Å². The van der Waals surface area contributed by atoms with Crippen LogP contribution >= 0.6 is 10.5 Å². The molecule has 2 rings (SSSR count). The van der Waals surface area contributed by atoms with Gasteiger partial charge in [0.1, 0.15) is 0 Å². The molecule has 0 amide bonds. The van der Waals surface area contributed by atoms with Crippen LogP contribution in [0.25, 0.3) is 0 Å². The molecule has 2 aliphatic heterocycles. The number of hydrogen-bond acceptors (Lipinski definition) is 4. The first-order valence-corrected chi connectivity index (χ1v) is 4.83. The SMILES string of the molecule is O=C1C2=S(C=CC=C2)C(=O)C1(O)O. The van der Waals surface area contributed by atoms with Gasteiger partial charge in [0.25, 0.3) is 5.12 Å². The Morgan fingerprint density at radius 2 is 1.92 bits per heavy atom. The zero-order valence-corrected chi connectivity index (χ0v) is 7.25. The van der Waals surface area contributed by atoms with Crippen molar-refractivity contribution in [2.75, 3.05) is 0 Å². The maximum Gasteiger partial charge on any atom is 0.301 e. The fourth-order valence-corrected chi connectivity index (χ4v) is 2.85. The summed E-state index contributed by atoms with van der Waals surface area (Å²) in [7, 11) is -1.07. The summed E-state index contributed by atoms with van der Waals surface area (Å²) < 4.78 is 0. The van der Waals surface area contributed by atoms with Crippen LogP contribution in [0.4, 0.5) is 0 Å². The molecule has 2 N–H and O–H groups in total. The molecule has 0 fully saturated rings. The summed E-state index contributed by atoms with van der Waals surface area (Å²) in [6.45, 7) is 0. The fraction of sp³-hybridized carbons (Fsp3) is 0.125. The normalized spacial score (nSPS) is 29.7. The maximum atomic E-state index is 11.3. The molecule has 0 aliphatic carbocycles. The molecule has 0 aromatic carbocycles. The Morgan fingerprint density at radius 3 is 2.54 bits per heavy atom. The Hall–Kier alpha value is -1.04. The van der Waals surface area contributed by atoms with Crippen molar-refractivity contribution in [2.45, 2.75) is 5.79 Å². The van der Waals surface area contributed by atoms with Crippen LogP contribution in [-0.2, 0) is 9.59 Å². The minimum Gasteiger partial charge on any atom is -0.353 e. The summed E-state index contributed by atoms with van der Waals surface area (Å²) in [4.78, 5) is 22.7. The van der Waals surface area contributed by atoms with Gasteiger partial charge >= 0.3 is 5.79 Å². The molecule has 68 valence electrons. The van der Waals surface area contributed by atoms with Crippen molar-refractivity contribution < 1.29 is 19.8 Å². The zero-order valence-electron chi connectivity index (χ0n) is 6.43. The molecule has 5 heteroatoms. The van der Waals surface area contributed by atoms with Crippen molar-refractivity contribution in [3.05, 3.63) is 23.6 Å². The second-order valence-electron chi connectivity index (χ2n) is 2.68. The van der Waals surface area contributed by atoms with Gasteiger partial charge in [0.2, 0.25) is 5.78 Å². The highest BCUT2D eigenvalue weighted by Crippen LogP contribution is 2.35. The zero-order chi connectivity index (χ0) is 9.64. The predicted octanol–water partition coefficient (Wildman–Crippen LogP) is -0.699. The highest BCUT2D eigenvalue weighted by atomic mass is 32.2. The van der Waals surface area contributed by atoms with Gasteiger partial charge in [-0.2, -0.15) is 0 Å².